The fourth-order valence-electron chi connectivity index (χ4n) is 2.31. The predicted molar refractivity (Wildman–Crippen MR) is 79.3 cm³/mol. The predicted octanol–water partition coefficient (Wildman–Crippen LogP) is 3.09. The lowest BCUT2D eigenvalue weighted by Crippen LogP contribution is -2.48. The van der Waals surface area contributed by atoms with E-state index < -0.39 is 5.60 Å². The average Bonchev–Trinajstić information content (AvgIpc) is 2.38. The zero-order valence-corrected chi connectivity index (χ0v) is 12.6. The summed E-state index contributed by atoms with van der Waals surface area (Å²) in [6, 6.07) is 10.3. The minimum absolute atomic E-state index is 0.213. The van der Waals surface area contributed by atoms with E-state index in [2.05, 4.69) is 17.0 Å². The van der Waals surface area contributed by atoms with Crippen molar-refractivity contribution in [1.82, 2.24) is 9.80 Å². The van der Waals surface area contributed by atoms with Crippen molar-refractivity contribution in [3.63, 3.8) is 0 Å². The summed E-state index contributed by atoms with van der Waals surface area (Å²) in [4.78, 5) is 16.2. The topological polar surface area (TPSA) is 32.8 Å². The molecule has 0 aromatic heterocycles. The Kier molecular flexibility index (Phi) is 4.65. The van der Waals surface area contributed by atoms with Crippen LogP contribution in [0, 0.1) is 0 Å². The first-order chi connectivity index (χ1) is 9.44. The van der Waals surface area contributed by atoms with Crippen molar-refractivity contribution in [2.24, 2.45) is 0 Å². The maximum absolute atomic E-state index is 12.1. The Morgan fingerprint density at radius 1 is 1.20 bits per heavy atom. The molecule has 0 radical (unpaired) electrons. The normalized spacial score (nSPS) is 17.1. The van der Waals surface area contributed by atoms with Crippen LogP contribution >= 0.6 is 0 Å². The van der Waals surface area contributed by atoms with E-state index in [1.54, 1.807) is 4.90 Å². The molecule has 1 aromatic rings. The second-order valence-corrected chi connectivity index (χ2v) is 6.28. The summed E-state index contributed by atoms with van der Waals surface area (Å²) in [5.74, 6) is 0. The van der Waals surface area contributed by atoms with Crippen molar-refractivity contribution in [3.05, 3.63) is 35.9 Å². The third kappa shape index (κ3) is 4.53. The maximum atomic E-state index is 12.1. The van der Waals surface area contributed by atoms with Gasteiger partial charge in [-0.3, -0.25) is 9.80 Å². The number of ether oxygens (including phenoxy) is 1. The Labute approximate surface area is 121 Å². The lowest BCUT2D eigenvalue weighted by atomic mass is 10.2. The Balaban J connectivity index is 1.90. The molecule has 1 aromatic carbocycles. The van der Waals surface area contributed by atoms with Crippen LogP contribution < -0.4 is 0 Å². The van der Waals surface area contributed by atoms with Crippen LogP contribution in [-0.2, 0) is 11.3 Å². The molecule has 4 heteroatoms. The summed E-state index contributed by atoms with van der Waals surface area (Å²) in [6.45, 7) is 9.02. The molecule has 4 nitrogen and oxygen atoms in total. The molecule has 0 N–H and O–H groups in total. The molecule has 0 bridgehead atoms. The van der Waals surface area contributed by atoms with Crippen LogP contribution in [0.5, 0.6) is 0 Å². The molecule has 1 aliphatic heterocycles. The van der Waals surface area contributed by atoms with Gasteiger partial charge in [0.25, 0.3) is 0 Å². The second kappa shape index (κ2) is 6.27. The first-order valence-electron chi connectivity index (χ1n) is 7.18. The smallest absolute Gasteiger partial charge is 0.411 e. The zero-order chi connectivity index (χ0) is 14.6. The number of carbonyl (C=O) groups excluding carboxylic acids is 1. The van der Waals surface area contributed by atoms with Gasteiger partial charge >= 0.3 is 6.09 Å². The molecule has 0 aliphatic carbocycles. The molecule has 0 spiro atoms. The first-order valence-corrected chi connectivity index (χ1v) is 7.18. The van der Waals surface area contributed by atoms with Gasteiger partial charge in [0, 0.05) is 19.6 Å². The fourth-order valence-corrected chi connectivity index (χ4v) is 2.31. The van der Waals surface area contributed by atoms with E-state index in [4.69, 9.17) is 4.74 Å². The van der Waals surface area contributed by atoms with E-state index >= 15 is 0 Å². The molecular weight excluding hydrogens is 252 g/mol. The maximum Gasteiger partial charge on any atom is 0.411 e. The molecule has 0 saturated carbocycles. The van der Waals surface area contributed by atoms with E-state index in [1.807, 2.05) is 39.0 Å². The summed E-state index contributed by atoms with van der Waals surface area (Å²) >= 11 is 0. The first kappa shape index (κ1) is 14.9. The van der Waals surface area contributed by atoms with Crippen LogP contribution in [0.4, 0.5) is 4.79 Å². The Bertz CT molecular complexity index is 440. The number of amides is 1. The van der Waals surface area contributed by atoms with Crippen molar-refractivity contribution in [3.8, 4) is 0 Å². The SMILES string of the molecule is CC(C)(C)OC(=O)N1CCCN(Cc2ccccc2)C1. The number of hydrogen-bond acceptors (Lipinski definition) is 3. The third-order valence-electron chi connectivity index (χ3n) is 3.17. The van der Waals surface area contributed by atoms with Gasteiger partial charge in [-0.2, -0.15) is 0 Å². The van der Waals surface area contributed by atoms with E-state index in [0.717, 1.165) is 26.1 Å². The molecular formula is C16H24N2O2. The van der Waals surface area contributed by atoms with E-state index in [0.29, 0.717) is 6.67 Å². The monoisotopic (exact) mass is 276 g/mol. The van der Waals surface area contributed by atoms with Gasteiger partial charge in [-0.25, -0.2) is 4.79 Å². The molecule has 1 heterocycles. The standard InChI is InChI=1S/C16H24N2O2/c1-16(2,3)20-15(19)18-11-7-10-17(13-18)12-14-8-5-4-6-9-14/h4-6,8-9H,7,10-13H2,1-3H3. The van der Waals surface area contributed by atoms with Gasteiger partial charge in [-0.1, -0.05) is 30.3 Å². The molecule has 1 saturated heterocycles. The molecule has 1 amide bonds. The Hall–Kier alpha value is -1.55. The fraction of sp³-hybridized carbons (Fsp3) is 0.562. The lowest BCUT2D eigenvalue weighted by Gasteiger charge is -2.36. The largest absolute Gasteiger partial charge is 0.444 e. The van der Waals surface area contributed by atoms with Crippen LogP contribution in [-0.4, -0.2) is 41.3 Å². The molecule has 1 aliphatic rings. The van der Waals surface area contributed by atoms with Gasteiger partial charge < -0.3 is 4.74 Å². The molecule has 2 rings (SSSR count). The van der Waals surface area contributed by atoms with Crippen molar-refractivity contribution in [1.29, 1.82) is 0 Å². The summed E-state index contributed by atoms with van der Waals surface area (Å²) in [7, 11) is 0. The van der Waals surface area contributed by atoms with E-state index in [1.165, 1.54) is 5.56 Å². The van der Waals surface area contributed by atoms with Crippen molar-refractivity contribution in [2.45, 2.75) is 39.3 Å². The van der Waals surface area contributed by atoms with Crippen LogP contribution in [0.3, 0.4) is 0 Å². The summed E-state index contributed by atoms with van der Waals surface area (Å²) in [5, 5.41) is 0. The quantitative estimate of drug-likeness (QED) is 0.832. The zero-order valence-electron chi connectivity index (χ0n) is 12.6. The number of carbonyl (C=O) groups is 1. The Morgan fingerprint density at radius 3 is 2.55 bits per heavy atom. The molecule has 1 fully saturated rings. The highest BCUT2D eigenvalue weighted by Gasteiger charge is 2.26. The number of nitrogens with zero attached hydrogens (tertiary/aromatic N) is 2. The number of hydrogen-bond donors (Lipinski definition) is 0. The highest BCUT2D eigenvalue weighted by molar-refractivity contribution is 5.68. The third-order valence-corrected chi connectivity index (χ3v) is 3.17. The van der Waals surface area contributed by atoms with Crippen molar-refractivity contribution >= 4 is 6.09 Å². The van der Waals surface area contributed by atoms with Gasteiger partial charge in [0.1, 0.15) is 5.60 Å². The van der Waals surface area contributed by atoms with E-state index in [-0.39, 0.29) is 6.09 Å². The second-order valence-electron chi connectivity index (χ2n) is 6.28. The van der Waals surface area contributed by atoms with Gasteiger partial charge in [0.15, 0.2) is 0 Å². The molecule has 0 unspecified atom stereocenters. The molecule has 0 atom stereocenters. The number of rotatable bonds is 2. The minimum atomic E-state index is -0.432. The van der Waals surface area contributed by atoms with Gasteiger partial charge in [-0.15, -0.1) is 0 Å². The molecule has 20 heavy (non-hydrogen) atoms. The average molecular weight is 276 g/mol. The molecule has 110 valence electrons. The number of benzene rings is 1. The van der Waals surface area contributed by atoms with Gasteiger partial charge in [0.2, 0.25) is 0 Å². The van der Waals surface area contributed by atoms with Crippen LogP contribution in [0.2, 0.25) is 0 Å². The lowest BCUT2D eigenvalue weighted by molar-refractivity contribution is 0.00125. The highest BCUT2D eigenvalue weighted by Crippen LogP contribution is 2.15. The van der Waals surface area contributed by atoms with Crippen LogP contribution in [0.1, 0.15) is 32.8 Å². The summed E-state index contributed by atoms with van der Waals surface area (Å²) < 4.78 is 5.44. The summed E-state index contributed by atoms with van der Waals surface area (Å²) in [6.07, 6.45) is 0.779. The van der Waals surface area contributed by atoms with Gasteiger partial charge in [0.05, 0.1) is 6.67 Å². The van der Waals surface area contributed by atoms with Crippen molar-refractivity contribution in [2.75, 3.05) is 19.8 Å². The summed E-state index contributed by atoms with van der Waals surface area (Å²) in [5.41, 5.74) is 0.845. The van der Waals surface area contributed by atoms with Crippen molar-refractivity contribution < 1.29 is 9.53 Å². The van der Waals surface area contributed by atoms with Gasteiger partial charge in [-0.05, 0) is 32.8 Å². The minimum Gasteiger partial charge on any atom is -0.444 e. The van der Waals surface area contributed by atoms with E-state index in [9.17, 15) is 4.79 Å². The highest BCUT2D eigenvalue weighted by atomic mass is 16.6. The van der Waals surface area contributed by atoms with Crippen LogP contribution in [0.15, 0.2) is 30.3 Å². The Morgan fingerprint density at radius 2 is 1.90 bits per heavy atom. The van der Waals surface area contributed by atoms with Crippen LogP contribution in [0.25, 0.3) is 0 Å².